The first kappa shape index (κ1) is 18.9. The predicted octanol–water partition coefficient (Wildman–Crippen LogP) is 2.75. The van der Waals surface area contributed by atoms with Crippen molar-refractivity contribution >= 4 is 45.6 Å². The van der Waals surface area contributed by atoms with Crippen molar-refractivity contribution in [3.05, 3.63) is 20.8 Å². The number of nitrogens with two attached hydrogens (primary N) is 1. The van der Waals surface area contributed by atoms with Crippen LogP contribution in [-0.4, -0.2) is 36.5 Å². The van der Waals surface area contributed by atoms with Crippen LogP contribution in [0.1, 0.15) is 31.2 Å². The molecule has 0 aliphatic carbocycles. The number of thiophene rings is 1. The molecule has 7 heteroatoms. The number of likely N-dealkylation sites (tertiary alicyclic amines) is 1. The zero-order valence-corrected chi connectivity index (χ0v) is 15.2. The van der Waals surface area contributed by atoms with Gasteiger partial charge in [0.15, 0.2) is 0 Å². The average Bonchev–Trinajstić information content (AvgIpc) is 2.83. The Labute approximate surface area is 145 Å². The molecule has 1 saturated heterocycles. The van der Waals surface area contributed by atoms with E-state index < -0.39 is 0 Å². The molecule has 4 nitrogen and oxygen atoms in total. The van der Waals surface area contributed by atoms with E-state index in [2.05, 4.69) is 37.6 Å². The molecule has 0 aromatic carbocycles. The summed E-state index contributed by atoms with van der Waals surface area (Å²) in [5, 5.41) is 5.20. The first-order valence-corrected chi connectivity index (χ1v) is 8.80. The zero-order chi connectivity index (χ0) is 14.4. The van der Waals surface area contributed by atoms with Crippen LogP contribution in [0.3, 0.4) is 0 Å². The maximum atomic E-state index is 11.5. The van der Waals surface area contributed by atoms with Crippen molar-refractivity contribution in [2.45, 2.75) is 38.3 Å². The second-order valence-electron chi connectivity index (χ2n) is 5.22. The molecule has 1 aliphatic heterocycles. The lowest BCUT2D eigenvalue weighted by atomic mass is 10.0. The van der Waals surface area contributed by atoms with E-state index >= 15 is 0 Å². The summed E-state index contributed by atoms with van der Waals surface area (Å²) in [4.78, 5) is 14.0. The highest BCUT2D eigenvalue weighted by Gasteiger charge is 2.23. The fourth-order valence-electron chi connectivity index (χ4n) is 2.61. The minimum atomic E-state index is 0. The topological polar surface area (TPSA) is 58.4 Å². The van der Waals surface area contributed by atoms with Gasteiger partial charge in [-0.2, -0.15) is 0 Å². The van der Waals surface area contributed by atoms with Crippen LogP contribution < -0.4 is 11.1 Å². The normalized spacial score (nSPS) is 19.0. The smallest absolute Gasteiger partial charge is 0.221 e. The fourth-order valence-corrected chi connectivity index (χ4v) is 3.81. The molecule has 0 radical (unpaired) electrons. The van der Waals surface area contributed by atoms with Gasteiger partial charge >= 0.3 is 0 Å². The van der Waals surface area contributed by atoms with Crippen molar-refractivity contribution in [3.8, 4) is 0 Å². The molecule has 3 N–H and O–H groups in total. The molecule has 1 unspecified atom stereocenters. The average molecular weight is 397 g/mol. The molecular weight excluding hydrogens is 374 g/mol. The summed E-state index contributed by atoms with van der Waals surface area (Å²) < 4.78 is 1.18. The number of hydrogen-bond acceptors (Lipinski definition) is 4. The molecule has 0 saturated carbocycles. The summed E-state index contributed by atoms with van der Waals surface area (Å²) in [7, 11) is 0. The third-order valence-electron chi connectivity index (χ3n) is 3.66. The predicted molar refractivity (Wildman–Crippen MR) is 94.0 cm³/mol. The van der Waals surface area contributed by atoms with Crippen LogP contribution in [0.4, 0.5) is 0 Å². The summed E-state index contributed by atoms with van der Waals surface area (Å²) in [6.45, 7) is 3.25. The van der Waals surface area contributed by atoms with Gasteiger partial charge in [0, 0.05) is 32.1 Å². The zero-order valence-electron chi connectivity index (χ0n) is 12.0. The van der Waals surface area contributed by atoms with Crippen molar-refractivity contribution in [1.29, 1.82) is 0 Å². The lowest BCUT2D eigenvalue weighted by molar-refractivity contribution is -0.121. The Morgan fingerprint density at radius 3 is 3.00 bits per heavy atom. The number of halogens is 2. The number of carbonyl (C=O) groups excluding carboxylic acids is 1. The quantitative estimate of drug-likeness (QED) is 0.777. The maximum Gasteiger partial charge on any atom is 0.221 e. The van der Waals surface area contributed by atoms with E-state index in [4.69, 9.17) is 5.73 Å². The van der Waals surface area contributed by atoms with E-state index in [1.54, 1.807) is 11.3 Å². The number of piperidine rings is 1. The van der Waals surface area contributed by atoms with Crippen molar-refractivity contribution in [1.82, 2.24) is 10.2 Å². The van der Waals surface area contributed by atoms with Crippen molar-refractivity contribution in [2.24, 2.45) is 5.73 Å². The van der Waals surface area contributed by atoms with E-state index in [1.165, 1.54) is 22.2 Å². The Morgan fingerprint density at radius 2 is 2.33 bits per heavy atom. The molecule has 120 valence electrons. The Hall–Kier alpha value is -0.140. The van der Waals surface area contributed by atoms with Crippen molar-refractivity contribution < 1.29 is 4.79 Å². The Balaban J connectivity index is 0.00000220. The molecule has 1 amide bonds. The summed E-state index contributed by atoms with van der Waals surface area (Å²) in [6.07, 6.45) is 4.08. The fraction of sp³-hybridized carbons (Fsp3) is 0.643. The third-order valence-corrected chi connectivity index (χ3v) is 5.22. The number of carbonyl (C=O) groups is 1. The number of nitrogens with one attached hydrogen (secondary N) is 1. The Kier molecular flexibility index (Phi) is 8.82. The molecule has 2 heterocycles. The van der Waals surface area contributed by atoms with Gasteiger partial charge < -0.3 is 11.1 Å². The van der Waals surface area contributed by atoms with E-state index in [9.17, 15) is 4.79 Å². The largest absolute Gasteiger partial charge is 0.354 e. The highest BCUT2D eigenvalue weighted by atomic mass is 79.9. The summed E-state index contributed by atoms with van der Waals surface area (Å²) in [6, 6.07) is 2.63. The lowest BCUT2D eigenvalue weighted by Crippen LogP contribution is -2.46. The van der Waals surface area contributed by atoms with Gasteiger partial charge in [-0.25, -0.2) is 0 Å². The molecule has 0 bridgehead atoms. The van der Waals surface area contributed by atoms with Crippen LogP contribution in [0.25, 0.3) is 0 Å². The minimum Gasteiger partial charge on any atom is -0.354 e. The van der Waals surface area contributed by atoms with Crippen LogP contribution in [0.15, 0.2) is 15.2 Å². The monoisotopic (exact) mass is 395 g/mol. The molecule has 1 fully saturated rings. The van der Waals surface area contributed by atoms with Crippen LogP contribution in [-0.2, 0) is 11.3 Å². The van der Waals surface area contributed by atoms with Crippen LogP contribution in [0, 0.1) is 0 Å². The molecule has 1 atom stereocenters. The van der Waals surface area contributed by atoms with E-state index in [-0.39, 0.29) is 18.3 Å². The Morgan fingerprint density at radius 1 is 1.52 bits per heavy atom. The second-order valence-corrected chi connectivity index (χ2v) is 7.51. The van der Waals surface area contributed by atoms with Gasteiger partial charge in [0.25, 0.3) is 0 Å². The summed E-state index contributed by atoms with van der Waals surface area (Å²) in [5.41, 5.74) is 6.74. The van der Waals surface area contributed by atoms with Crippen molar-refractivity contribution in [3.63, 3.8) is 0 Å². The first-order valence-electron chi connectivity index (χ1n) is 7.13. The van der Waals surface area contributed by atoms with Gasteiger partial charge in [-0.3, -0.25) is 9.69 Å². The highest BCUT2D eigenvalue weighted by molar-refractivity contribution is 9.11. The van der Waals surface area contributed by atoms with Crippen molar-refractivity contribution in [2.75, 3.05) is 19.6 Å². The van der Waals surface area contributed by atoms with E-state index in [1.807, 2.05) is 0 Å². The summed E-state index contributed by atoms with van der Waals surface area (Å²) in [5.74, 6) is 0.0660. The van der Waals surface area contributed by atoms with E-state index in [0.717, 1.165) is 26.1 Å². The minimum absolute atomic E-state index is 0. The van der Waals surface area contributed by atoms with Gasteiger partial charge in [-0.05, 0) is 52.3 Å². The molecule has 1 aromatic heterocycles. The molecule has 2 rings (SSSR count). The first-order chi connectivity index (χ1) is 9.69. The molecular formula is C14H23BrClN3OS. The standard InChI is InChI=1S/C14H22BrN3OS.ClH/c15-13-7-11(10-20-13)9-18-6-2-1-3-12(18)8-17-14(19)4-5-16;/h7,10,12H,1-6,8-9,16H2,(H,17,19);1H. The molecule has 1 aliphatic rings. The van der Waals surface area contributed by atoms with E-state index in [0.29, 0.717) is 19.0 Å². The third kappa shape index (κ3) is 6.24. The van der Waals surface area contributed by atoms with Gasteiger partial charge in [-0.1, -0.05) is 6.42 Å². The number of nitrogens with zero attached hydrogens (tertiary/aromatic N) is 1. The molecule has 0 spiro atoms. The number of amides is 1. The van der Waals surface area contributed by atoms with Gasteiger partial charge in [0.2, 0.25) is 5.91 Å². The number of rotatable bonds is 6. The maximum absolute atomic E-state index is 11.5. The summed E-state index contributed by atoms with van der Waals surface area (Å²) >= 11 is 5.24. The molecule has 21 heavy (non-hydrogen) atoms. The lowest BCUT2D eigenvalue weighted by Gasteiger charge is -2.35. The molecule has 1 aromatic rings. The Bertz CT molecular complexity index is 444. The number of hydrogen-bond donors (Lipinski definition) is 2. The SMILES string of the molecule is Cl.NCCC(=O)NCC1CCCCN1Cc1csc(Br)c1. The highest BCUT2D eigenvalue weighted by Crippen LogP contribution is 2.24. The second kappa shape index (κ2) is 9.79. The van der Waals surface area contributed by atoms with Gasteiger partial charge in [0.05, 0.1) is 3.79 Å². The van der Waals surface area contributed by atoms with Crippen LogP contribution >= 0.6 is 39.7 Å². The van der Waals surface area contributed by atoms with Crippen LogP contribution in [0.5, 0.6) is 0 Å². The van der Waals surface area contributed by atoms with Gasteiger partial charge in [-0.15, -0.1) is 23.7 Å². The van der Waals surface area contributed by atoms with Crippen LogP contribution in [0.2, 0.25) is 0 Å². The van der Waals surface area contributed by atoms with Gasteiger partial charge in [0.1, 0.15) is 0 Å².